The lowest BCUT2D eigenvalue weighted by molar-refractivity contribution is -0.112. The van der Waals surface area contributed by atoms with Crippen LogP contribution in [0, 0.1) is 0 Å². The molecule has 4 aliphatic rings. The van der Waals surface area contributed by atoms with Crippen LogP contribution in [-0.2, 0) is 9.59 Å². The molecule has 2 aliphatic heterocycles. The zero-order chi connectivity index (χ0) is 37.2. The van der Waals surface area contributed by atoms with Gasteiger partial charge in [0.05, 0.1) is 23.5 Å². The molecule has 2 aliphatic carbocycles. The minimum Gasteiger partial charge on any atom is -0.437 e. The van der Waals surface area contributed by atoms with Gasteiger partial charge in [-0.2, -0.15) is 0 Å². The second kappa shape index (κ2) is 18.5. The van der Waals surface area contributed by atoms with E-state index >= 15 is 0 Å². The van der Waals surface area contributed by atoms with Crippen LogP contribution in [0.3, 0.4) is 0 Å². The van der Waals surface area contributed by atoms with Gasteiger partial charge in [0, 0.05) is 85.9 Å². The van der Waals surface area contributed by atoms with Crippen molar-refractivity contribution in [1.29, 1.82) is 0 Å². The maximum absolute atomic E-state index is 12.5. The van der Waals surface area contributed by atoms with E-state index in [4.69, 9.17) is 33.2 Å². The first kappa shape index (κ1) is 42.4. The normalized spacial score (nSPS) is 19.4. The van der Waals surface area contributed by atoms with Crippen molar-refractivity contribution in [2.75, 3.05) is 52.4 Å². The fourth-order valence-electron chi connectivity index (χ4n) is 7.95. The molecule has 0 bridgehead atoms. The average Bonchev–Trinajstić information content (AvgIpc) is 3.40. The molecule has 4 aromatic rings. The molecule has 2 N–H and O–H groups in total. The molecule has 8 rings (SSSR count). The van der Waals surface area contributed by atoms with Crippen LogP contribution in [0.5, 0.6) is 0 Å². The van der Waals surface area contributed by atoms with Crippen molar-refractivity contribution < 1.29 is 14.6 Å². The van der Waals surface area contributed by atoms with Gasteiger partial charge < -0.3 is 15.2 Å². The van der Waals surface area contributed by atoms with Crippen LogP contribution in [-0.4, -0.2) is 101 Å². The number of allylic oxidation sites excluding steroid dienone is 2. The summed E-state index contributed by atoms with van der Waals surface area (Å²) in [5, 5.41) is 14.6. The van der Waals surface area contributed by atoms with Crippen LogP contribution in [0.2, 0.25) is 16.9 Å². The van der Waals surface area contributed by atoms with Gasteiger partial charge in [-0.15, -0.1) is 12.4 Å². The van der Waals surface area contributed by atoms with Crippen LogP contribution < -0.4 is 5.32 Å². The third-order valence-corrected chi connectivity index (χ3v) is 11.0. The fraction of sp³-hybridized carbons (Fsp3) is 0.333. The van der Waals surface area contributed by atoms with Crippen molar-refractivity contribution >= 4 is 77.5 Å². The predicted molar refractivity (Wildman–Crippen MR) is 228 cm³/mol. The molecule has 288 valence electrons. The molecule has 0 amide bonds. The van der Waals surface area contributed by atoms with Gasteiger partial charge in [0.1, 0.15) is 0 Å². The Balaban J connectivity index is 0.000000205. The van der Waals surface area contributed by atoms with Crippen molar-refractivity contribution in [2.24, 2.45) is 0 Å². The van der Waals surface area contributed by atoms with E-state index in [-0.39, 0.29) is 43.5 Å². The number of pyridine rings is 2. The highest BCUT2D eigenvalue weighted by atomic mass is 35.5. The van der Waals surface area contributed by atoms with Gasteiger partial charge in [-0.1, -0.05) is 54.9 Å². The highest BCUT2D eigenvalue weighted by Gasteiger charge is 2.35. The molecule has 13 heteroatoms. The number of fused-ring (bicyclic) bond motifs is 4. The van der Waals surface area contributed by atoms with Crippen molar-refractivity contribution in [2.45, 2.75) is 40.2 Å². The van der Waals surface area contributed by atoms with Gasteiger partial charge >= 0.3 is 7.05 Å². The van der Waals surface area contributed by atoms with E-state index in [0.717, 1.165) is 97.1 Å². The number of benzene rings is 2. The maximum atomic E-state index is 12.5. The Morgan fingerprint density at radius 2 is 1.16 bits per heavy atom. The van der Waals surface area contributed by atoms with E-state index < -0.39 is 7.05 Å². The number of Topliss-reactive ketones (excluding diaryl/α,β-unsaturated/α-hetero) is 2. The third kappa shape index (κ3) is 8.98. The molecule has 2 fully saturated rings. The van der Waals surface area contributed by atoms with Gasteiger partial charge in [-0.25, -0.2) is 0 Å². The van der Waals surface area contributed by atoms with Crippen molar-refractivity contribution in [3.05, 3.63) is 128 Å². The number of hydrogen-bond donors (Lipinski definition) is 2. The number of carbonyl (C=O) groups excluding carboxylic acids is 2. The number of rotatable bonds is 5. The Morgan fingerprint density at radius 1 is 0.727 bits per heavy atom. The summed E-state index contributed by atoms with van der Waals surface area (Å²) < 4.78 is 0. The van der Waals surface area contributed by atoms with Crippen LogP contribution >= 0.6 is 35.6 Å². The Morgan fingerprint density at radius 3 is 1.58 bits per heavy atom. The summed E-state index contributed by atoms with van der Waals surface area (Å²) in [6.07, 6.45) is 7.53. The SMILES string of the molecule is C.CB(O)N1CCN(C2c3ccc(Cl)cc3C(C(C)=O)=Cc3cccnc32)CC1.CC(=O)C1=Cc2cccnc2C(N2CCNCC2)c2ccc(Cl)cc21.Cl. The molecular formula is C42H48BCl3N6O3. The molecule has 2 aromatic carbocycles. The third-order valence-electron chi connectivity index (χ3n) is 10.6. The van der Waals surface area contributed by atoms with Gasteiger partial charge in [0.15, 0.2) is 11.6 Å². The molecule has 2 unspecified atom stereocenters. The van der Waals surface area contributed by atoms with E-state index in [2.05, 4.69) is 19.9 Å². The summed E-state index contributed by atoms with van der Waals surface area (Å²) in [7, 11) is -0.446. The first-order valence-corrected chi connectivity index (χ1v) is 18.9. The minimum absolute atomic E-state index is 0. The monoisotopic (exact) mass is 800 g/mol. The number of piperazine rings is 2. The second-order valence-electron chi connectivity index (χ2n) is 13.9. The number of carbonyl (C=O) groups is 2. The summed E-state index contributed by atoms with van der Waals surface area (Å²) in [6.45, 7) is 12.0. The summed E-state index contributed by atoms with van der Waals surface area (Å²) in [4.78, 5) is 41.1. The Labute approximate surface area is 341 Å². The first-order valence-electron chi connectivity index (χ1n) is 18.2. The summed E-state index contributed by atoms with van der Waals surface area (Å²) >= 11 is 12.6. The van der Waals surface area contributed by atoms with Crippen molar-refractivity contribution in [1.82, 2.24) is 29.9 Å². The van der Waals surface area contributed by atoms with Gasteiger partial charge in [-0.3, -0.25) is 29.4 Å². The van der Waals surface area contributed by atoms with E-state index in [1.165, 1.54) is 0 Å². The number of nitrogens with one attached hydrogen (secondary N) is 1. The minimum atomic E-state index is -0.446. The molecule has 0 spiro atoms. The zero-order valence-electron chi connectivity index (χ0n) is 30.6. The average molecular weight is 802 g/mol. The zero-order valence-corrected chi connectivity index (χ0v) is 33.0. The topological polar surface area (TPSA) is 102 Å². The van der Waals surface area contributed by atoms with Gasteiger partial charge in [0.25, 0.3) is 0 Å². The highest BCUT2D eigenvalue weighted by molar-refractivity contribution is 6.45. The fourth-order valence-corrected chi connectivity index (χ4v) is 8.30. The lowest BCUT2D eigenvalue weighted by Crippen LogP contribution is -2.52. The number of aromatic nitrogens is 2. The predicted octanol–water partition coefficient (Wildman–Crippen LogP) is 7.23. The lowest BCUT2D eigenvalue weighted by Gasteiger charge is -2.40. The molecule has 9 nitrogen and oxygen atoms in total. The largest absolute Gasteiger partial charge is 0.437 e. The molecule has 0 saturated carbocycles. The molecule has 55 heavy (non-hydrogen) atoms. The quantitative estimate of drug-likeness (QED) is 0.203. The number of hydrogen-bond acceptors (Lipinski definition) is 9. The van der Waals surface area contributed by atoms with Crippen molar-refractivity contribution in [3.63, 3.8) is 0 Å². The lowest BCUT2D eigenvalue weighted by atomic mass is 9.84. The molecule has 2 saturated heterocycles. The summed E-state index contributed by atoms with van der Waals surface area (Å²) in [6, 6.07) is 19.5. The standard InChI is InChI=1S/C21H23BClN3O2.C20H20ClN3O.CH4.ClH/c1-14(27)18-12-15-4-3-7-24-20(15)21(17-6-5-16(23)13-19(17)18)25-8-10-26(11-9-25)22(2)28;1-13(25)17-11-14-3-2-6-23-19(14)20(24-9-7-22-8-10-24)16-5-4-15(21)12-18(16)17;;/h3-7,12-13,21,28H,8-11H2,1-2H3;2-6,11-12,20,22H,7-10H2,1H3;1H4;1H. The maximum Gasteiger partial charge on any atom is 0.376 e. The van der Waals surface area contributed by atoms with Crippen LogP contribution in [0.1, 0.15) is 78.1 Å². The molecule has 2 aromatic heterocycles. The van der Waals surface area contributed by atoms with E-state index in [1.54, 1.807) is 26.9 Å². The van der Waals surface area contributed by atoms with Crippen molar-refractivity contribution in [3.8, 4) is 0 Å². The number of halogens is 3. The molecule has 0 radical (unpaired) electrons. The smallest absolute Gasteiger partial charge is 0.376 e. The van der Waals surface area contributed by atoms with Crippen LogP contribution in [0.15, 0.2) is 73.1 Å². The molecular weight excluding hydrogens is 754 g/mol. The Bertz CT molecular complexity index is 2100. The second-order valence-corrected chi connectivity index (χ2v) is 14.8. The van der Waals surface area contributed by atoms with E-state index in [9.17, 15) is 14.6 Å². The summed E-state index contributed by atoms with van der Waals surface area (Å²) in [5.74, 6) is 0.0529. The van der Waals surface area contributed by atoms with E-state index in [1.807, 2.05) is 79.0 Å². The van der Waals surface area contributed by atoms with Gasteiger partial charge in [0.2, 0.25) is 0 Å². The number of nitrogens with zero attached hydrogens (tertiary/aromatic N) is 5. The molecule has 2 atom stereocenters. The summed E-state index contributed by atoms with van der Waals surface area (Å²) in [5.41, 5.74) is 9.23. The van der Waals surface area contributed by atoms with Crippen LogP contribution in [0.25, 0.3) is 23.3 Å². The highest BCUT2D eigenvalue weighted by Crippen LogP contribution is 2.42. The van der Waals surface area contributed by atoms with Crippen LogP contribution in [0.4, 0.5) is 0 Å². The number of ketones is 2. The van der Waals surface area contributed by atoms with Gasteiger partial charge in [-0.05, 0) is 103 Å². The first-order chi connectivity index (χ1) is 25.6. The Kier molecular flexibility index (Phi) is 14.3. The Hall–Kier alpha value is -3.71. The molecule has 4 heterocycles. The van der Waals surface area contributed by atoms with E-state index in [0.29, 0.717) is 21.2 Å².